The van der Waals surface area contributed by atoms with Crippen LogP contribution in [0.3, 0.4) is 0 Å². The standard InChI is InChI=1S/C9H12ClN3O2S2/c1-2-7(8(11)16)17(14,15)13-9-6(10)4-3-5-12-9/h3-5,7H,2H2,1H3,(H2,11,16)(H,12,13). The molecule has 0 aromatic carbocycles. The second kappa shape index (κ2) is 5.61. The van der Waals surface area contributed by atoms with E-state index >= 15 is 0 Å². The average molecular weight is 294 g/mol. The summed E-state index contributed by atoms with van der Waals surface area (Å²) in [6.45, 7) is 1.68. The quantitative estimate of drug-likeness (QED) is 0.805. The van der Waals surface area contributed by atoms with Crippen molar-refractivity contribution < 1.29 is 8.42 Å². The number of rotatable bonds is 5. The maximum atomic E-state index is 11.9. The molecule has 1 rings (SSSR count). The lowest BCUT2D eigenvalue weighted by Crippen LogP contribution is -2.37. The molecule has 0 fully saturated rings. The van der Waals surface area contributed by atoms with Gasteiger partial charge in [0.05, 0.1) is 10.0 Å². The zero-order chi connectivity index (χ0) is 13.1. The Labute approximate surface area is 110 Å². The van der Waals surface area contributed by atoms with Crippen molar-refractivity contribution in [3.63, 3.8) is 0 Å². The van der Waals surface area contributed by atoms with Crippen LogP contribution in [0.15, 0.2) is 18.3 Å². The predicted octanol–water partition coefficient (Wildman–Crippen LogP) is 1.54. The second-order valence-electron chi connectivity index (χ2n) is 3.28. The van der Waals surface area contributed by atoms with Gasteiger partial charge < -0.3 is 5.73 Å². The van der Waals surface area contributed by atoms with Crippen LogP contribution in [0.2, 0.25) is 5.02 Å². The fourth-order valence-corrected chi connectivity index (χ4v) is 3.33. The fraction of sp³-hybridized carbons (Fsp3) is 0.333. The molecular formula is C9H12ClN3O2S2. The highest BCUT2D eigenvalue weighted by Gasteiger charge is 2.27. The Morgan fingerprint density at radius 2 is 2.35 bits per heavy atom. The number of pyridine rings is 1. The normalized spacial score (nSPS) is 13.1. The van der Waals surface area contributed by atoms with Gasteiger partial charge in [0, 0.05) is 6.20 Å². The molecule has 1 aromatic rings. The molecule has 17 heavy (non-hydrogen) atoms. The van der Waals surface area contributed by atoms with Crippen molar-refractivity contribution in [2.24, 2.45) is 5.73 Å². The molecule has 0 saturated carbocycles. The number of nitrogens with zero attached hydrogens (tertiary/aromatic N) is 1. The third-order valence-electron chi connectivity index (χ3n) is 2.06. The van der Waals surface area contributed by atoms with Crippen molar-refractivity contribution >= 4 is 44.6 Å². The summed E-state index contributed by atoms with van der Waals surface area (Å²) in [6.07, 6.45) is 1.72. The van der Waals surface area contributed by atoms with Crippen LogP contribution in [0.25, 0.3) is 0 Å². The lowest BCUT2D eigenvalue weighted by atomic mass is 10.3. The zero-order valence-corrected chi connectivity index (χ0v) is 11.4. The molecular weight excluding hydrogens is 282 g/mol. The van der Waals surface area contributed by atoms with Gasteiger partial charge in [-0.25, -0.2) is 13.4 Å². The van der Waals surface area contributed by atoms with Gasteiger partial charge in [-0.1, -0.05) is 30.7 Å². The Balaban J connectivity index is 3.02. The summed E-state index contributed by atoms with van der Waals surface area (Å²) in [5.41, 5.74) is 5.38. The molecule has 1 unspecified atom stereocenters. The zero-order valence-electron chi connectivity index (χ0n) is 9.05. The Morgan fingerprint density at radius 3 is 2.82 bits per heavy atom. The largest absolute Gasteiger partial charge is 0.392 e. The van der Waals surface area contributed by atoms with Crippen molar-refractivity contribution in [1.82, 2.24) is 4.98 Å². The lowest BCUT2D eigenvalue weighted by Gasteiger charge is -2.15. The summed E-state index contributed by atoms with van der Waals surface area (Å²) < 4.78 is 26.2. The lowest BCUT2D eigenvalue weighted by molar-refractivity contribution is 0.594. The van der Waals surface area contributed by atoms with E-state index in [1.165, 1.54) is 12.3 Å². The maximum Gasteiger partial charge on any atom is 0.243 e. The summed E-state index contributed by atoms with van der Waals surface area (Å²) in [5.74, 6) is 0.0730. The molecule has 0 bridgehead atoms. The van der Waals surface area contributed by atoms with Crippen molar-refractivity contribution in [2.75, 3.05) is 4.72 Å². The van der Waals surface area contributed by atoms with Gasteiger partial charge in [0.1, 0.15) is 5.25 Å². The molecule has 0 radical (unpaired) electrons. The number of aromatic nitrogens is 1. The number of thiocarbonyl (C=S) groups is 1. The Morgan fingerprint density at radius 1 is 1.71 bits per heavy atom. The molecule has 0 spiro atoms. The van der Waals surface area contributed by atoms with E-state index in [1.54, 1.807) is 13.0 Å². The second-order valence-corrected chi connectivity index (χ2v) is 6.02. The van der Waals surface area contributed by atoms with Gasteiger partial charge in [-0.3, -0.25) is 4.72 Å². The number of sulfonamides is 1. The summed E-state index contributed by atoms with van der Waals surface area (Å²) in [5, 5.41) is -0.718. The van der Waals surface area contributed by atoms with E-state index in [4.69, 9.17) is 29.6 Å². The third-order valence-corrected chi connectivity index (χ3v) is 4.61. The minimum Gasteiger partial charge on any atom is -0.392 e. The average Bonchev–Trinajstić information content (AvgIpc) is 2.21. The van der Waals surface area contributed by atoms with Crippen LogP contribution in [0.5, 0.6) is 0 Å². The SMILES string of the molecule is CCC(C(N)=S)S(=O)(=O)Nc1ncccc1Cl. The smallest absolute Gasteiger partial charge is 0.243 e. The molecule has 0 aliphatic rings. The first-order valence-corrected chi connectivity index (χ1v) is 7.13. The van der Waals surface area contributed by atoms with Gasteiger partial charge in [0.2, 0.25) is 10.0 Å². The van der Waals surface area contributed by atoms with E-state index in [1.807, 2.05) is 0 Å². The highest BCUT2D eigenvalue weighted by atomic mass is 35.5. The van der Waals surface area contributed by atoms with Gasteiger partial charge in [-0.15, -0.1) is 0 Å². The van der Waals surface area contributed by atoms with E-state index < -0.39 is 15.3 Å². The minimum atomic E-state index is -3.71. The van der Waals surface area contributed by atoms with E-state index in [9.17, 15) is 8.42 Å². The van der Waals surface area contributed by atoms with E-state index in [2.05, 4.69) is 9.71 Å². The monoisotopic (exact) mass is 293 g/mol. The van der Waals surface area contributed by atoms with Gasteiger partial charge in [-0.05, 0) is 18.6 Å². The van der Waals surface area contributed by atoms with Gasteiger partial charge >= 0.3 is 0 Å². The Bertz CT molecular complexity index is 519. The van der Waals surface area contributed by atoms with Gasteiger partial charge in [0.15, 0.2) is 5.82 Å². The molecule has 0 amide bonds. The molecule has 8 heteroatoms. The number of hydrogen-bond donors (Lipinski definition) is 2. The highest BCUT2D eigenvalue weighted by Crippen LogP contribution is 2.20. The molecule has 1 heterocycles. The summed E-state index contributed by atoms with van der Waals surface area (Å²) >= 11 is 10.5. The number of halogens is 1. The molecule has 0 saturated heterocycles. The Hall–Kier alpha value is -0.920. The van der Waals surface area contributed by atoms with Crippen molar-refractivity contribution in [2.45, 2.75) is 18.6 Å². The summed E-state index contributed by atoms with van der Waals surface area (Å²) in [6, 6.07) is 3.14. The van der Waals surface area contributed by atoms with Crippen LogP contribution in [0, 0.1) is 0 Å². The van der Waals surface area contributed by atoms with Gasteiger partial charge in [0.25, 0.3) is 0 Å². The van der Waals surface area contributed by atoms with Crippen LogP contribution < -0.4 is 10.5 Å². The minimum absolute atomic E-state index is 0.0730. The Kier molecular flexibility index (Phi) is 4.67. The molecule has 1 atom stereocenters. The molecule has 94 valence electrons. The third kappa shape index (κ3) is 3.52. The highest BCUT2D eigenvalue weighted by molar-refractivity contribution is 7.95. The number of nitrogens with one attached hydrogen (secondary N) is 1. The fourth-order valence-electron chi connectivity index (χ4n) is 1.24. The van der Waals surface area contributed by atoms with Gasteiger partial charge in [-0.2, -0.15) is 0 Å². The molecule has 5 nitrogen and oxygen atoms in total. The van der Waals surface area contributed by atoms with Crippen molar-refractivity contribution in [1.29, 1.82) is 0 Å². The molecule has 0 aliphatic carbocycles. The first kappa shape index (κ1) is 14.1. The first-order chi connectivity index (χ1) is 7.88. The van der Waals surface area contributed by atoms with Crippen molar-refractivity contribution in [3.8, 4) is 0 Å². The molecule has 0 aliphatic heterocycles. The maximum absolute atomic E-state index is 11.9. The predicted molar refractivity (Wildman–Crippen MR) is 72.7 cm³/mol. The van der Waals surface area contributed by atoms with Crippen LogP contribution in [0.4, 0.5) is 5.82 Å². The van der Waals surface area contributed by atoms with E-state index in [0.29, 0.717) is 0 Å². The van der Waals surface area contributed by atoms with Crippen LogP contribution in [-0.2, 0) is 10.0 Å². The van der Waals surface area contributed by atoms with Crippen molar-refractivity contribution in [3.05, 3.63) is 23.4 Å². The van der Waals surface area contributed by atoms with E-state index in [-0.39, 0.29) is 22.2 Å². The number of anilines is 1. The summed E-state index contributed by atoms with van der Waals surface area (Å²) in [4.78, 5) is 3.76. The number of hydrogen-bond acceptors (Lipinski definition) is 4. The van der Waals surface area contributed by atoms with Crippen LogP contribution in [-0.4, -0.2) is 23.6 Å². The summed E-state index contributed by atoms with van der Waals surface area (Å²) in [7, 11) is -3.71. The van der Waals surface area contributed by atoms with Crippen LogP contribution in [0.1, 0.15) is 13.3 Å². The molecule has 1 aromatic heterocycles. The first-order valence-electron chi connectivity index (χ1n) is 4.80. The topological polar surface area (TPSA) is 85.1 Å². The van der Waals surface area contributed by atoms with E-state index in [0.717, 1.165) is 0 Å². The van der Waals surface area contributed by atoms with Crippen LogP contribution >= 0.6 is 23.8 Å². The molecule has 3 N–H and O–H groups in total. The number of nitrogens with two attached hydrogens (primary N) is 1.